The second kappa shape index (κ2) is 7.31. The van der Waals surface area contributed by atoms with Gasteiger partial charge in [0, 0.05) is 36.5 Å². The molecule has 0 aliphatic rings. The number of rotatable bonds is 6. The van der Waals surface area contributed by atoms with Gasteiger partial charge in [-0.3, -0.25) is 4.79 Å². The molecule has 2 aromatic heterocycles. The first kappa shape index (κ1) is 16.9. The summed E-state index contributed by atoms with van der Waals surface area (Å²) in [6, 6.07) is 7.56. The average Bonchev–Trinajstić information content (AvgIpc) is 3.20. The maximum Gasteiger partial charge on any atom is 0.314 e. The van der Waals surface area contributed by atoms with Crippen LogP contribution in [0.3, 0.4) is 0 Å². The van der Waals surface area contributed by atoms with Crippen molar-refractivity contribution < 1.29 is 9.53 Å². The number of carbonyl (C=O) groups is 1. The van der Waals surface area contributed by atoms with Gasteiger partial charge in [0.1, 0.15) is 0 Å². The third-order valence-electron chi connectivity index (χ3n) is 3.52. The van der Waals surface area contributed by atoms with Crippen LogP contribution in [0.2, 0.25) is 0 Å². The highest BCUT2D eigenvalue weighted by Gasteiger charge is 2.12. The van der Waals surface area contributed by atoms with Crippen molar-refractivity contribution in [2.24, 2.45) is 7.05 Å². The minimum atomic E-state index is -0.159. The van der Waals surface area contributed by atoms with E-state index >= 15 is 0 Å². The predicted octanol–water partition coefficient (Wildman–Crippen LogP) is 1.50. The van der Waals surface area contributed by atoms with Crippen LogP contribution in [0.5, 0.6) is 6.01 Å². The summed E-state index contributed by atoms with van der Waals surface area (Å²) in [5, 5.41) is 9.59. The third kappa shape index (κ3) is 3.94. The number of nitrogens with zero attached hydrogens (tertiary/aromatic N) is 4. The Bertz CT molecular complexity index is 888. The molecule has 0 saturated carbocycles. The van der Waals surface area contributed by atoms with Crippen LogP contribution in [-0.2, 0) is 13.5 Å². The van der Waals surface area contributed by atoms with Crippen LogP contribution in [0.15, 0.2) is 29.6 Å². The molecule has 0 fully saturated rings. The number of carbonyl (C=O) groups excluding carboxylic acids is 1. The molecule has 0 radical (unpaired) electrons. The molecule has 0 bridgehead atoms. The lowest BCUT2D eigenvalue weighted by Crippen LogP contribution is -2.25. The molecular weight excluding hydrogens is 340 g/mol. The number of hydrogen-bond acceptors (Lipinski definition) is 7. The van der Waals surface area contributed by atoms with Crippen molar-refractivity contribution in [3.05, 3.63) is 40.9 Å². The largest absolute Gasteiger partial charge is 0.467 e. The fraction of sp³-hybridized carbons (Fsp3) is 0.250. The molecule has 0 aliphatic carbocycles. The quantitative estimate of drug-likeness (QED) is 0.691. The Balaban J connectivity index is 1.66. The fourth-order valence-corrected chi connectivity index (χ4v) is 2.91. The number of nitrogens with one attached hydrogen (secondary N) is 1. The highest BCUT2D eigenvalue weighted by Crippen LogP contribution is 2.19. The topological polar surface area (TPSA) is 108 Å². The van der Waals surface area contributed by atoms with Crippen molar-refractivity contribution in [1.29, 1.82) is 0 Å². The van der Waals surface area contributed by atoms with E-state index < -0.39 is 0 Å². The molecule has 0 atom stereocenters. The van der Waals surface area contributed by atoms with Gasteiger partial charge in [-0.15, -0.1) is 16.4 Å². The van der Waals surface area contributed by atoms with Crippen molar-refractivity contribution >= 4 is 22.4 Å². The molecule has 1 aromatic carbocycles. The highest BCUT2D eigenvalue weighted by molar-refractivity contribution is 7.13. The van der Waals surface area contributed by atoms with E-state index in [-0.39, 0.29) is 5.91 Å². The number of thiazole rings is 1. The van der Waals surface area contributed by atoms with Crippen LogP contribution in [0.4, 0.5) is 5.13 Å². The minimum Gasteiger partial charge on any atom is -0.467 e. The molecule has 3 N–H and O–H groups in total. The van der Waals surface area contributed by atoms with Crippen LogP contribution in [0, 0.1) is 0 Å². The number of benzene rings is 1. The lowest BCUT2D eigenvalue weighted by atomic mass is 10.1. The number of aryl methyl sites for hydroxylation is 1. The standard InChI is InChI=1S/C16H18N6O2S/c1-22-16(24-2)20-13(21-22)10-4-3-5-11(8-10)14(23)18-7-6-12-9-25-15(17)19-12/h3-5,8-9H,6-7H2,1-2H3,(H2,17,19)(H,18,23). The maximum atomic E-state index is 12.3. The zero-order valence-electron chi connectivity index (χ0n) is 13.9. The van der Waals surface area contributed by atoms with E-state index in [1.165, 1.54) is 18.4 Å². The first-order valence-corrected chi connectivity index (χ1v) is 8.48. The van der Waals surface area contributed by atoms with Crippen molar-refractivity contribution in [3.8, 4) is 17.4 Å². The van der Waals surface area contributed by atoms with Gasteiger partial charge in [-0.25, -0.2) is 9.67 Å². The van der Waals surface area contributed by atoms with Crippen LogP contribution >= 0.6 is 11.3 Å². The summed E-state index contributed by atoms with van der Waals surface area (Å²) in [6.07, 6.45) is 0.637. The van der Waals surface area contributed by atoms with E-state index in [0.717, 1.165) is 11.3 Å². The van der Waals surface area contributed by atoms with E-state index in [0.29, 0.717) is 35.5 Å². The van der Waals surface area contributed by atoms with Crippen molar-refractivity contribution in [2.75, 3.05) is 19.4 Å². The summed E-state index contributed by atoms with van der Waals surface area (Å²) in [5.41, 5.74) is 7.76. The number of methoxy groups -OCH3 is 1. The Labute approximate surface area is 148 Å². The smallest absolute Gasteiger partial charge is 0.314 e. The molecule has 0 saturated heterocycles. The SMILES string of the molecule is COc1nc(-c2cccc(C(=O)NCCc3csc(N)n3)c2)nn1C. The van der Waals surface area contributed by atoms with Crippen molar-refractivity contribution in [3.63, 3.8) is 0 Å². The first-order chi connectivity index (χ1) is 12.1. The summed E-state index contributed by atoms with van der Waals surface area (Å²) in [4.78, 5) is 20.8. The number of nitrogen functional groups attached to an aromatic ring is 1. The summed E-state index contributed by atoms with van der Waals surface area (Å²) < 4.78 is 6.66. The van der Waals surface area contributed by atoms with Gasteiger partial charge in [-0.2, -0.15) is 4.98 Å². The van der Waals surface area contributed by atoms with Gasteiger partial charge in [0.15, 0.2) is 11.0 Å². The van der Waals surface area contributed by atoms with Gasteiger partial charge in [-0.05, 0) is 12.1 Å². The Kier molecular flexibility index (Phi) is 4.94. The van der Waals surface area contributed by atoms with E-state index in [2.05, 4.69) is 20.4 Å². The molecule has 3 rings (SSSR count). The maximum absolute atomic E-state index is 12.3. The number of aromatic nitrogens is 4. The Morgan fingerprint density at radius 1 is 1.40 bits per heavy atom. The molecule has 3 aromatic rings. The number of amides is 1. The zero-order chi connectivity index (χ0) is 17.8. The Morgan fingerprint density at radius 3 is 2.92 bits per heavy atom. The average molecular weight is 358 g/mol. The molecule has 0 spiro atoms. The second-order valence-electron chi connectivity index (χ2n) is 5.31. The molecule has 25 heavy (non-hydrogen) atoms. The van der Waals surface area contributed by atoms with Gasteiger partial charge >= 0.3 is 6.01 Å². The Morgan fingerprint density at radius 2 is 2.24 bits per heavy atom. The van der Waals surface area contributed by atoms with E-state index in [1.807, 2.05) is 11.4 Å². The number of hydrogen-bond donors (Lipinski definition) is 2. The monoisotopic (exact) mass is 358 g/mol. The highest BCUT2D eigenvalue weighted by atomic mass is 32.1. The second-order valence-corrected chi connectivity index (χ2v) is 6.20. The molecule has 130 valence electrons. The van der Waals surface area contributed by atoms with Gasteiger partial charge in [-0.1, -0.05) is 12.1 Å². The van der Waals surface area contributed by atoms with Crippen LogP contribution in [-0.4, -0.2) is 39.3 Å². The Hall–Kier alpha value is -2.94. The van der Waals surface area contributed by atoms with Crippen molar-refractivity contribution in [2.45, 2.75) is 6.42 Å². The lowest BCUT2D eigenvalue weighted by Gasteiger charge is -2.05. The minimum absolute atomic E-state index is 0.159. The van der Waals surface area contributed by atoms with Crippen LogP contribution in [0.25, 0.3) is 11.4 Å². The number of ether oxygens (including phenoxy) is 1. The first-order valence-electron chi connectivity index (χ1n) is 7.60. The molecular formula is C16H18N6O2S. The van der Waals surface area contributed by atoms with Gasteiger partial charge in [0.05, 0.1) is 12.8 Å². The molecule has 9 heteroatoms. The van der Waals surface area contributed by atoms with E-state index in [1.54, 1.807) is 29.9 Å². The summed E-state index contributed by atoms with van der Waals surface area (Å²) >= 11 is 1.39. The third-order valence-corrected chi connectivity index (χ3v) is 4.25. The van der Waals surface area contributed by atoms with Crippen molar-refractivity contribution in [1.82, 2.24) is 25.1 Å². The molecule has 2 heterocycles. The summed E-state index contributed by atoms with van der Waals surface area (Å²) in [6.45, 7) is 0.488. The van der Waals surface area contributed by atoms with Gasteiger partial charge in [0.2, 0.25) is 0 Å². The summed E-state index contributed by atoms with van der Waals surface area (Å²) in [5.74, 6) is 0.347. The molecule has 0 unspecified atom stereocenters. The predicted molar refractivity (Wildman–Crippen MR) is 95.6 cm³/mol. The zero-order valence-corrected chi connectivity index (χ0v) is 14.7. The van der Waals surface area contributed by atoms with Crippen LogP contribution < -0.4 is 15.8 Å². The molecule has 8 nitrogen and oxygen atoms in total. The molecule has 1 amide bonds. The lowest BCUT2D eigenvalue weighted by molar-refractivity contribution is 0.0954. The number of nitrogens with two attached hydrogens (primary N) is 1. The normalized spacial score (nSPS) is 10.6. The van der Waals surface area contributed by atoms with E-state index in [9.17, 15) is 4.79 Å². The number of anilines is 1. The molecule has 0 aliphatic heterocycles. The summed E-state index contributed by atoms with van der Waals surface area (Å²) in [7, 11) is 3.28. The van der Waals surface area contributed by atoms with Crippen LogP contribution in [0.1, 0.15) is 16.1 Å². The van der Waals surface area contributed by atoms with E-state index in [4.69, 9.17) is 10.5 Å². The van der Waals surface area contributed by atoms with Gasteiger partial charge in [0.25, 0.3) is 5.91 Å². The fourth-order valence-electron chi connectivity index (χ4n) is 2.31. The van der Waals surface area contributed by atoms with Gasteiger partial charge < -0.3 is 15.8 Å².